The first-order valence-electron chi connectivity index (χ1n) is 2.80. The molecule has 0 saturated heterocycles. The van der Waals surface area contributed by atoms with Crippen LogP contribution in [0.4, 0.5) is 0 Å². The van der Waals surface area contributed by atoms with E-state index in [1.54, 1.807) is 0 Å². The van der Waals surface area contributed by atoms with Crippen LogP contribution < -0.4 is 0 Å². The van der Waals surface area contributed by atoms with Crippen molar-refractivity contribution in [2.24, 2.45) is 0 Å². The predicted octanol–water partition coefficient (Wildman–Crippen LogP) is 2.28. The van der Waals surface area contributed by atoms with Crippen LogP contribution in [0.15, 0.2) is 18.5 Å². The fourth-order valence-corrected chi connectivity index (χ4v) is 1.28. The summed E-state index contributed by atoms with van der Waals surface area (Å²) in [6, 6.07) is 2.02. The third kappa shape index (κ3) is 1.52. The van der Waals surface area contributed by atoms with E-state index in [0.29, 0.717) is 0 Å². The lowest BCUT2D eigenvalue weighted by molar-refractivity contribution is 1.21. The molecular formula is C7H8BrN. The third-order valence-corrected chi connectivity index (χ3v) is 1.88. The molecule has 1 nitrogen and oxygen atoms in total. The molecule has 0 spiro atoms. The van der Waals surface area contributed by atoms with Crippen LogP contribution in [0, 0.1) is 6.92 Å². The van der Waals surface area contributed by atoms with Crippen molar-refractivity contribution < 1.29 is 0 Å². The second-order valence-corrected chi connectivity index (χ2v) is 2.50. The maximum atomic E-state index is 3.97. The van der Waals surface area contributed by atoms with Gasteiger partial charge in [-0.25, -0.2) is 0 Å². The average molecular weight is 186 g/mol. The van der Waals surface area contributed by atoms with Crippen molar-refractivity contribution in [2.45, 2.75) is 12.3 Å². The van der Waals surface area contributed by atoms with Crippen molar-refractivity contribution in [3.63, 3.8) is 0 Å². The quantitative estimate of drug-likeness (QED) is 0.613. The molecule has 2 heteroatoms. The molecule has 0 amide bonds. The van der Waals surface area contributed by atoms with Crippen molar-refractivity contribution >= 4 is 15.9 Å². The summed E-state index contributed by atoms with van der Waals surface area (Å²) < 4.78 is 0. The van der Waals surface area contributed by atoms with Gasteiger partial charge in [-0.15, -0.1) is 0 Å². The lowest BCUT2D eigenvalue weighted by Gasteiger charge is -1.96. The van der Waals surface area contributed by atoms with Crippen molar-refractivity contribution in [1.82, 2.24) is 4.98 Å². The molecule has 1 aromatic rings. The van der Waals surface area contributed by atoms with Gasteiger partial charge >= 0.3 is 0 Å². The molecule has 0 bridgehead atoms. The molecule has 0 aliphatic carbocycles. The largest absolute Gasteiger partial charge is 0.264 e. The lowest BCUT2D eigenvalue weighted by atomic mass is 10.2. The van der Waals surface area contributed by atoms with Gasteiger partial charge in [0.25, 0.3) is 0 Å². The Morgan fingerprint density at radius 1 is 1.67 bits per heavy atom. The van der Waals surface area contributed by atoms with E-state index in [2.05, 4.69) is 27.8 Å². The maximum absolute atomic E-state index is 3.97. The number of aromatic nitrogens is 1. The Morgan fingerprint density at radius 3 is 2.89 bits per heavy atom. The van der Waals surface area contributed by atoms with E-state index in [1.807, 2.05) is 18.5 Å². The molecule has 9 heavy (non-hydrogen) atoms. The average Bonchev–Trinajstić information content (AvgIpc) is 1.89. The molecule has 1 rings (SSSR count). The molecule has 0 atom stereocenters. The molecule has 0 aromatic carbocycles. The van der Waals surface area contributed by atoms with Crippen molar-refractivity contribution in [2.75, 3.05) is 0 Å². The first-order chi connectivity index (χ1) is 4.34. The molecule has 0 unspecified atom stereocenters. The maximum Gasteiger partial charge on any atom is 0.0300 e. The van der Waals surface area contributed by atoms with Crippen LogP contribution in [-0.4, -0.2) is 4.98 Å². The minimum atomic E-state index is 0.918. The van der Waals surface area contributed by atoms with Gasteiger partial charge in [-0.2, -0.15) is 0 Å². The van der Waals surface area contributed by atoms with Gasteiger partial charge in [-0.3, -0.25) is 4.98 Å². The van der Waals surface area contributed by atoms with E-state index in [-0.39, 0.29) is 0 Å². The Balaban J connectivity index is 3.01. The number of hydrogen-bond acceptors (Lipinski definition) is 1. The fraction of sp³-hybridized carbons (Fsp3) is 0.286. The summed E-state index contributed by atoms with van der Waals surface area (Å²) >= 11 is 3.38. The summed E-state index contributed by atoms with van der Waals surface area (Å²) in [6.45, 7) is 2.06. The zero-order valence-corrected chi connectivity index (χ0v) is 6.85. The Morgan fingerprint density at radius 2 is 2.44 bits per heavy atom. The van der Waals surface area contributed by atoms with E-state index in [4.69, 9.17) is 0 Å². The van der Waals surface area contributed by atoms with Crippen LogP contribution in [0.2, 0.25) is 0 Å². The first-order valence-corrected chi connectivity index (χ1v) is 3.92. The van der Waals surface area contributed by atoms with E-state index in [9.17, 15) is 0 Å². The zero-order chi connectivity index (χ0) is 6.69. The number of pyridine rings is 1. The fourth-order valence-electron chi connectivity index (χ4n) is 0.652. The monoisotopic (exact) mass is 185 g/mol. The Bertz CT molecular complexity index is 198. The molecule has 1 heterocycles. The van der Waals surface area contributed by atoms with E-state index in [0.717, 1.165) is 5.33 Å². The Kier molecular flexibility index (Phi) is 2.22. The Labute approximate surface area is 63.2 Å². The Hall–Kier alpha value is -0.370. The van der Waals surface area contributed by atoms with Gasteiger partial charge in [0.05, 0.1) is 0 Å². The van der Waals surface area contributed by atoms with Crippen LogP contribution in [-0.2, 0) is 5.33 Å². The van der Waals surface area contributed by atoms with Crippen LogP contribution >= 0.6 is 15.9 Å². The summed E-state index contributed by atoms with van der Waals surface area (Å²) in [5, 5.41) is 0.918. The highest BCUT2D eigenvalue weighted by Crippen LogP contribution is 2.08. The van der Waals surface area contributed by atoms with Crippen LogP contribution in [0.3, 0.4) is 0 Å². The number of nitrogens with zero attached hydrogens (tertiary/aromatic N) is 1. The summed E-state index contributed by atoms with van der Waals surface area (Å²) in [4.78, 5) is 3.97. The lowest BCUT2D eigenvalue weighted by Crippen LogP contribution is -1.83. The predicted molar refractivity (Wildman–Crippen MR) is 41.6 cm³/mol. The van der Waals surface area contributed by atoms with Gasteiger partial charge in [-0.1, -0.05) is 15.9 Å². The summed E-state index contributed by atoms with van der Waals surface area (Å²) in [5.74, 6) is 0. The van der Waals surface area contributed by atoms with E-state index < -0.39 is 0 Å². The molecule has 0 saturated carbocycles. The van der Waals surface area contributed by atoms with Crippen LogP contribution in [0.5, 0.6) is 0 Å². The molecule has 1 aromatic heterocycles. The highest BCUT2D eigenvalue weighted by Gasteiger charge is 1.91. The summed E-state index contributed by atoms with van der Waals surface area (Å²) in [5.41, 5.74) is 2.55. The van der Waals surface area contributed by atoms with Gasteiger partial charge in [0.15, 0.2) is 0 Å². The van der Waals surface area contributed by atoms with Crippen molar-refractivity contribution in [3.05, 3.63) is 29.6 Å². The van der Waals surface area contributed by atoms with E-state index in [1.165, 1.54) is 11.1 Å². The molecule has 48 valence electrons. The standard InChI is InChI=1S/C7H8BrN/c1-6-5-9-3-2-7(6)4-8/h2-3,5H,4H2,1H3. The van der Waals surface area contributed by atoms with Crippen molar-refractivity contribution in [1.29, 1.82) is 0 Å². The smallest absolute Gasteiger partial charge is 0.0300 e. The van der Waals surface area contributed by atoms with Gasteiger partial charge in [0.1, 0.15) is 0 Å². The number of rotatable bonds is 1. The second kappa shape index (κ2) is 2.97. The van der Waals surface area contributed by atoms with Crippen molar-refractivity contribution in [3.8, 4) is 0 Å². The van der Waals surface area contributed by atoms with Gasteiger partial charge in [-0.05, 0) is 24.1 Å². The molecular weight excluding hydrogens is 178 g/mol. The highest BCUT2D eigenvalue weighted by atomic mass is 79.9. The molecule has 0 aliphatic rings. The number of alkyl halides is 1. The highest BCUT2D eigenvalue weighted by molar-refractivity contribution is 9.08. The minimum Gasteiger partial charge on any atom is -0.264 e. The second-order valence-electron chi connectivity index (χ2n) is 1.94. The first kappa shape index (κ1) is 6.75. The normalized spacial score (nSPS) is 9.56. The molecule has 0 N–H and O–H groups in total. The minimum absolute atomic E-state index is 0.918. The SMILES string of the molecule is Cc1cnccc1CBr. The summed E-state index contributed by atoms with van der Waals surface area (Å²) in [7, 11) is 0. The molecule has 0 radical (unpaired) electrons. The summed E-state index contributed by atoms with van der Waals surface area (Å²) in [6.07, 6.45) is 3.68. The molecule has 0 aliphatic heterocycles. The number of hydrogen-bond donors (Lipinski definition) is 0. The van der Waals surface area contributed by atoms with Gasteiger partial charge < -0.3 is 0 Å². The number of halogens is 1. The zero-order valence-electron chi connectivity index (χ0n) is 5.26. The molecule has 0 fully saturated rings. The van der Waals surface area contributed by atoms with Crippen LogP contribution in [0.25, 0.3) is 0 Å². The van der Waals surface area contributed by atoms with E-state index >= 15 is 0 Å². The van der Waals surface area contributed by atoms with Gasteiger partial charge in [0.2, 0.25) is 0 Å². The van der Waals surface area contributed by atoms with Gasteiger partial charge in [0, 0.05) is 17.7 Å². The third-order valence-electron chi connectivity index (χ3n) is 1.28. The topological polar surface area (TPSA) is 12.9 Å². The number of aryl methyl sites for hydroxylation is 1. The van der Waals surface area contributed by atoms with Crippen LogP contribution in [0.1, 0.15) is 11.1 Å².